The molecule has 6 aliphatic carbocycles. The highest BCUT2D eigenvalue weighted by Crippen LogP contribution is 2.61. The molecule has 0 amide bonds. The van der Waals surface area contributed by atoms with Gasteiger partial charge >= 0.3 is 0 Å². The van der Waals surface area contributed by atoms with Gasteiger partial charge in [0, 0.05) is 0 Å². The van der Waals surface area contributed by atoms with Crippen molar-refractivity contribution in [3.05, 3.63) is 0 Å². The first kappa shape index (κ1) is 13.4. The van der Waals surface area contributed by atoms with Gasteiger partial charge in [0.1, 0.15) is 0 Å². The highest BCUT2D eigenvalue weighted by molar-refractivity contribution is 5.05. The second-order valence-corrected chi connectivity index (χ2v) is 9.70. The molecule has 0 saturated heterocycles. The van der Waals surface area contributed by atoms with Gasteiger partial charge in [-0.3, -0.25) is 0 Å². The monoisotopic (exact) mass is 288 g/mol. The van der Waals surface area contributed by atoms with Crippen molar-refractivity contribution in [1.82, 2.24) is 0 Å². The lowest BCUT2D eigenvalue weighted by Gasteiger charge is -2.57. The largest absolute Gasteiger partial charge is 0.374 e. The van der Waals surface area contributed by atoms with Crippen LogP contribution in [0.1, 0.15) is 77.6 Å². The van der Waals surface area contributed by atoms with Gasteiger partial charge in [-0.25, -0.2) is 0 Å². The van der Waals surface area contributed by atoms with Crippen LogP contribution in [0.2, 0.25) is 0 Å². The molecule has 3 atom stereocenters. The molecule has 0 aromatic carbocycles. The maximum Gasteiger partial charge on any atom is 0.0711 e. The zero-order valence-corrected chi connectivity index (χ0v) is 13.8. The van der Waals surface area contributed by atoms with Crippen LogP contribution in [0.5, 0.6) is 0 Å². The number of fused-ring (bicyclic) bond motifs is 2. The molecule has 6 fully saturated rings. The molecule has 0 aliphatic heterocycles. The summed E-state index contributed by atoms with van der Waals surface area (Å²) in [5.41, 5.74) is 0.908. The summed E-state index contributed by atoms with van der Waals surface area (Å²) in [5.74, 6) is 5.11. The van der Waals surface area contributed by atoms with Crippen molar-refractivity contribution < 1.29 is 4.74 Å². The molecule has 1 nitrogen and oxygen atoms in total. The average molecular weight is 288 g/mol. The van der Waals surface area contributed by atoms with E-state index in [1.807, 2.05) is 0 Å². The Labute approximate surface area is 130 Å². The summed E-state index contributed by atoms with van der Waals surface area (Å²) in [6.45, 7) is 3.51. The van der Waals surface area contributed by atoms with Gasteiger partial charge in [-0.1, -0.05) is 6.92 Å². The van der Waals surface area contributed by atoms with Crippen LogP contribution in [0.4, 0.5) is 0 Å². The molecule has 0 N–H and O–H groups in total. The maximum absolute atomic E-state index is 6.86. The zero-order chi connectivity index (χ0) is 14.1. The minimum Gasteiger partial charge on any atom is -0.374 e. The summed E-state index contributed by atoms with van der Waals surface area (Å²) in [6, 6.07) is 0. The average Bonchev–Trinajstić information content (AvgIpc) is 3.05. The minimum absolute atomic E-state index is 0.298. The van der Waals surface area contributed by atoms with Crippen LogP contribution in [0, 0.1) is 35.0 Å². The van der Waals surface area contributed by atoms with E-state index in [1.54, 1.807) is 19.3 Å². The summed E-state index contributed by atoms with van der Waals surface area (Å²) in [4.78, 5) is 0. The van der Waals surface area contributed by atoms with Crippen LogP contribution in [-0.2, 0) is 4.74 Å². The van der Waals surface area contributed by atoms with Crippen LogP contribution < -0.4 is 0 Å². The van der Waals surface area contributed by atoms with Crippen LogP contribution >= 0.6 is 0 Å². The third kappa shape index (κ3) is 1.98. The third-order valence-electron chi connectivity index (χ3n) is 8.35. The lowest BCUT2D eigenvalue weighted by molar-refractivity contribution is -0.159. The first-order valence-corrected chi connectivity index (χ1v) is 9.83. The molecule has 6 rings (SSSR count). The van der Waals surface area contributed by atoms with E-state index >= 15 is 0 Å². The fraction of sp³-hybridized carbons (Fsp3) is 1.00. The molecule has 6 saturated carbocycles. The molecule has 0 aromatic rings. The molecule has 118 valence electrons. The Balaban J connectivity index is 1.32. The highest BCUT2D eigenvalue weighted by atomic mass is 16.5. The molecule has 0 unspecified atom stereocenters. The van der Waals surface area contributed by atoms with Crippen molar-refractivity contribution in [2.45, 2.75) is 83.2 Å². The van der Waals surface area contributed by atoms with Crippen LogP contribution in [-0.4, -0.2) is 12.2 Å². The fourth-order valence-corrected chi connectivity index (χ4v) is 7.87. The summed E-state index contributed by atoms with van der Waals surface area (Å²) >= 11 is 0. The maximum atomic E-state index is 6.86. The topological polar surface area (TPSA) is 9.23 Å². The van der Waals surface area contributed by atoms with Crippen molar-refractivity contribution >= 4 is 0 Å². The molecule has 0 heterocycles. The number of ether oxygens (including phenoxy) is 1. The first-order valence-electron chi connectivity index (χ1n) is 9.83. The van der Waals surface area contributed by atoms with Gasteiger partial charge in [0.2, 0.25) is 0 Å². The van der Waals surface area contributed by atoms with Crippen molar-refractivity contribution in [2.24, 2.45) is 35.0 Å². The second kappa shape index (κ2) is 4.49. The highest BCUT2D eigenvalue weighted by Gasteiger charge is 2.54. The smallest absolute Gasteiger partial charge is 0.0711 e. The van der Waals surface area contributed by atoms with Crippen LogP contribution in [0.25, 0.3) is 0 Å². The molecular formula is C20H32O. The Bertz CT molecular complexity index is 392. The summed E-state index contributed by atoms with van der Waals surface area (Å²) in [6.07, 6.45) is 16.3. The SMILES string of the molecule is CC[C@@]1(OCC23CC4CC(CC(C4)C2)C3)C[C@H]2CC[C@@H]1C2. The molecule has 0 radical (unpaired) electrons. The molecular weight excluding hydrogens is 256 g/mol. The van der Waals surface area contributed by atoms with E-state index in [1.165, 1.54) is 51.4 Å². The van der Waals surface area contributed by atoms with Gasteiger partial charge in [-0.15, -0.1) is 0 Å². The Kier molecular flexibility index (Phi) is 2.87. The number of hydrogen-bond acceptors (Lipinski definition) is 1. The summed E-state index contributed by atoms with van der Waals surface area (Å²) in [5, 5.41) is 0. The molecule has 6 aliphatic rings. The molecule has 1 heteroatoms. The van der Waals surface area contributed by atoms with Gasteiger partial charge in [0.25, 0.3) is 0 Å². The normalized spacial score (nSPS) is 57.3. The van der Waals surface area contributed by atoms with Crippen molar-refractivity contribution in [3.8, 4) is 0 Å². The van der Waals surface area contributed by atoms with Gasteiger partial charge in [0.05, 0.1) is 12.2 Å². The standard InChI is InChI=1S/C20H32O/c1-2-20(12-14-3-4-18(20)8-14)21-13-19-9-15-5-16(10-19)7-17(6-15)11-19/h14-18H,2-13H2,1H3/t14-,15?,16?,17?,18+,19?,20+/m0/s1. The number of hydrogen-bond donors (Lipinski definition) is 0. The second-order valence-electron chi connectivity index (χ2n) is 9.70. The molecule has 0 aromatic heterocycles. The van der Waals surface area contributed by atoms with E-state index in [0.717, 1.165) is 36.2 Å². The van der Waals surface area contributed by atoms with Gasteiger partial charge in [-0.05, 0) is 106 Å². The van der Waals surface area contributed by atoms with Gasteiger partial charge < -0.3 is 4.74 Å². The van der Waals surface area contributed by atoms with Gasteiger partial charge in [0.15, 0.2) is 0 Å². The quantitative estimate of drug-likeness (QED) is 0.692. The lowest BCUT2D eigenvalue weighted by atomic mass is 9.50. The first-order chi connectivity index (χ1) is 10.2. The molecule has 21 heavy (non-hydrogen) atoms. The van der Waals surface area contributed by atoms with E-state index in [9.17, 15) is 0 Å². The summed E-state index contributed by atoms with van der Waals surface area (Å²) < 4.78 is 6.86. The third-order valence-corrected chi connectivity index (χ3v) is 8.35. The van der Waals surface area contributed by atoms with Crippen molar-refractivity contribution in [3.63, 3.8) is 0 Å². The Morgan fingerprint density at radius 2 is 1.48 bits per heavy atom. The molecule has 0 spiro atoms. The van der Waals surface area contributed by atoms with Crippen molar-refractivity contribution in [1.29, 1.82) is 0 Å². The predicted octanol–water partition coefficient (Wildman–Crippen LogP) is 5.19. The Morgan fingerprint density at radius 3 is 1.95 bits per heavy atom. The lowest BCUT2D eigenvalue weighted by Crippen LogP contribution is -2.50. The van der Waals surface area contributed by atoms with E-state index in [0.29, 0.717) is 11.0 Å². The molecule has 6 bridgehead atoms. The number of rotatable bonds is 4. The van der Waals surface area contributed by atoms with Crippen LogP contribution in [0.15, 0.2) is 0 Å². The Hall–Kier alpha value is -0.0400. The van der Waals surface area contributed by atoms with Crippen molar-refractivity contribution in [2.75, 3.05) is 6.61 Å². The van der Waals surface area contributed by atoms with E-state index in [2.05, 4.69) is 6.92 Å². The summed E-state index contributed by atoms with van der Waals surface area (Å²) in [7, 11) is 0. The minimum atomic E-state index is 0.298. The van der Waals surface area contributed by atoms with Crippen LogP contribution in [0.3, 0.4) is 0 Å². The van der Waals surface area contributed by atoms with E-state index < -0.39 is 0 Å². The predicted molar refractivity (Wildman–Crippen MR) is 85.0 cm³/mol. The van der Waals surface area contributed by atoms with Gasteiger partial charge in [-0.2, -0.15) is 0 Å². The van der Waals surface area contributed by atoms with E-state index in [-0.39, 0.29) is 0 Å². The zero-order valence-electron chi connectivity index (χ0n) is 13.8. The fourth-order valence-electron chi connectivity index (χ4n) is 7.87. The Morgan fingerprint density at radius 1 is 0.810 bits per heavy atom. The van der Waals surface area contributed by atoms with E-state index in [4.69, 9.17) is 4.74 Å².